The second-order valence-corrected chi connectivity index (χ2v) is 9.00. The van der Waals surface area contributed by atoms with Gasteiger partial charge in [0.05, 0.1) is 21.3 Å². The number of hydrogen-bond acceptors (Lipinski definition) is 3. The number of carbonyl (C=O) groups is 1. The number of amides is 1. The van der Waals surface area contributed by atoms with Gasteiger partial charge in [-0.3, -0.25) is 9.10 Å². The molecule has 0 aliphatic rings. The van der Waals surface area contributed by atoms with Crippen LogP contribution in [0, 0.1) is 11.6 Å². The summed E-state index contributed by atoms with van der Waals surface area (Å²) in [6.45, 7) is 1.77. The maximum Gasteiger partial charge on any atom is 0.265 e. The summed E-state index contributed by atoms with van der Waals surface area (Å²) in [5.41, 5.74) is 0.195. The minimum absolute atomic E-state index is 0.0289. The lowest BCUT2D eigenvalue weighted by Gasteiger charge is -2.24. The van der Waals surface area contributed by atoms with Gasteiger partial charge in [0.2, 0.25) is 0 Å². The van der Waals surface area contributed by atoms with Gasteiger partial charge >= 0.3 is 0 Å². The van der Waals surface area contributed by atoms with E-state index in [1.54, 1.807) is 37.3 Å². The Balaban J connectivity index is 2.02. The highest BCUT2D eigenvalue weighted by atomic mass is 35.5. The number of nitrogens with one attached hydrogen (secondary N) is 1. The summed E-state index contributed by atoms with van der Waals surface area (Å²) in [5, 5.41) is 2.09. The van der Waals surface area contributed by atoms with Gasteiger partial charge < -0.3 is 5.32 Å². The van der Waals surface area contributed by atoms with Crippen LogP contribution >= 0.6 is 23.2 Å². The molecule has 0 aliphatic heterocycles. The molecule has 10 heteroatoms. The third-order valence-electron chi connectivity index (χ3n) is 4.34. The van der Waals surface area contributed by atoms with Crippen molar-refractivity contribution in [3.8, 4) is 0 Å². The highest BCUT2D eigenvalue weighted by Crippen LogP contribution is 2.33. The molecule has 0 radical (unpaired) electrons. The van der Waals surface area contributed by atoms with Crippen molar-refractivity contribution >= 4 is 50.5 Å². The normalized spacial score (nSPS) is 11.3. The fourth-order valence-electron chi connectivity index (χ4n) is 2.88. The van der Waals surface area contributed by atoms with Gasteiger partial charge in [0.1, 0.15) is 4.90 Å². The molecule has 162 valence electrons. The van der Waals surface area contributed by atoms with E-state index in [-0.39, 0.29) is 32.7 Å². The average Bonchev–Trinajstić information content (AvgIpc) is 2.71. The quantitative estimate of drug-likeness (QED) is 0.485. The first-order valence-electron chi connectivity index (χ1n) is 8.98. The second kappa shape index (κ2) is 9.21. The maximum atomic E-state index is 13.4. The van der Waals surface area contributed by atoms with Crippen LogP contribution in [0.25, 0.3) is 0 Å². The van der Waals surface area contributed by atoms with Crippen LogP contribution in [0.3, 0.4) is 0 Å². The Morgan fingerprint density at radius 3 is 2.26 bits per heavy atom. The average molecular weight is 485 g/mol. The Kier molecular flexibility index (Phi) is 6.83. The Bertz CT molecular complexity index is 1240. The zero-order chi connectivity index (χ0) is 22.8. The van der Waals surface area contributed by atoms with E-state index < -0.39 is 27.6 Å². The van der Waals surface area contributed by atoms with Crippen molar-refractivity contribution in [2.75, 3.05) is 16.2 Å². The van der Waals surface area contributed by atoms with E-state index in [1.807, 2.05) is 0 Å². The number of halogens is 4. The van der Waals surface area contributed by atoms with E-state index in [0.717, 1.165) is 34.6 Å². The van der Waals surface area contributed by atoms with Gasteiger partial charge in [-0.15, -0.1) is 0 Å². The molecule has 0 saturated carbocycles. The van der Waals surface area contributed by atoms with Crippen molar-refractivity contribution in [3.63, 3.8) is 0 Å². The minimum Gasteiger partial charge on any atom is -0.322 e. The smallest absolute Gasteiger partial charge is 0.265 e. The Morgan fingerprint density at radius 1 is 0.968 bits per heavy atom. The summed E-state index contributed by atoms with van der Waals surface area (Å²) in [6.07, 6.45) is 0. The number of para-hydroxylation sites is 1. The Morgan fingerprint density at radius 2 is 1.65 bits per heavy atom. The molecule has 0 bridgehead atoms. The van der Waals surface area contributed by atoms with E-state index in [4.69, 9.17) is 23.2 Å². The van der Waals surface area contributed by atoms with E-state index in [0.29, 0.717) is 5.69 Å². The van der Waals surface area contributed by atoms with Gasteiger partial charge in [-0.25, -0.2) is 17.2 Å². The monoisotopic (exact) mass is 484 g/mol. The minimum atomic E-state index is -4.14. The molecule has 0 aromatic heterocycles. The highest BCUT2D eigenvalue weighted by Gasteiger charge is 2.28. The number of carbonyl (C=O) groups excluding carboxylic acids is 1. The van der Waals surface area contributed by atoms with Crippen LogP contribution in [-0.2, 0) is 10.0 Å². The SMILES string of the molecule is CCN(c1ccccc1)S(=O)(=O)c1cc(C(=O)Nc2ccc(F)c(F)c2)c(Cl)cc1Cl. The highest BCUT2D eigenvalue weighted by molar-refractivity contribution is 7.93. The van der Waals surface area contributed by atoms with Crippen LogP contribution in [-0.4, -0.2) is 20.9 Å². The fourth-order valence-corrected chi connectivity index (χ4v) is 5.19. The molecule has 1 N–H and O–H groups in total. The van der Waals surface area contributed by atoms with Crippen molar-refractivity contribution in [1.29, 1.82) is 0 Å². The summed E-state index contributed by atoms with van der Waals surface area (Å²) in [4.78, 5) is 12.3. The molecular weight excluding hydrogens is 469 g/mol. The number of rotatable bonds is 6. The summed E-state index contributed by atoms with van der Waals surface area (Å²) in [7, 11) is -4.14. The molecule has 5 nitrogen and oxygen atoms in total. The largest absolute Gasteiger partial charge is 0.322 e. The standard InChI is InChI=1S/C21H16Cl2F2N2O3S/c1-2-27(14-6-4-3-5-7-14)31(29,30)20-11-15(16(22)12-17(20)23)21(28)26-13-8-9-18(24)19(25)10-13/h3-12H,2H2,1H3,(H,26,28). The molecule has 3 aromatic rings. The summed E-state index contributed by atoms with van der Waals surface area (Å²) >= 11 is 12.3. The van der Waals surface area contributed by atoms with E-state index in [1.165, 1.54) is 0 Å². The van der Waals surface area contributed by atoms with Crippen LogP contribution in [0.1, 0.15) is 17.3 Å². The molecule has 1 amide bonds. The van der Waals surface area contributed by atoms with Crippen molar-refractivity contribution < 1.29 is 22.0 Å². The first-order valence-corrected chi connectivity index (χ1v) is 11.2. The van der Waals surface area contributed by atoms with Gasteiger partial charge in [-0.2, -0.15) is 0 Å². The number of anilines is 2. The number of sulfonamides is 1. The Labute approximate surface area is 188 Å². The van der Waals surface area contributed by atoms with Gasteiger partial charge in [-0.1, -0.05) is 41.4 Å². The molecule has 31 heavy (non-hydrogen) atoms. The van der Waals surface area contributed by atoms with Gasteiger partial charge in [0.25, 0.3) is 15.9 Å². The van der Waals surface area contributed by atoms with Crippen molar-refractivity contribution in [2.24, 2.45) is 0 Å². The third kappa shape index (κ3) is 4.81. The number of benzene rings is 3. The topological polar surface area (TPSA) is 66.5 Å². The zero-order valence-corrected chi connectivity index (χ0v) is 18.4. The number of hydrogen-bond donors (Lipinski definition) is 1. The molecular formula is C21H16Cl2F2N2O3S. The van der Waals surface area contributed by atoms with Gasteiger partial charge in [0.15, 0.2) is 11.6 Å². The summed E-state index contributed by atoms with van der Waals surface area (Å²) in [5.74, 6) is -3.03. The second-order valence-electron chi connectivity index (χ2n) is 6.35. The van der Waals surface area contributed by atoms with Crippen molar-refractivity contribution in [2.45, 2.75) is 11.8 Å². The third-order valence-corrected chi connectivity index (χ3v) is 7.02. The van der Waals surface area contributed by atoms with Crippen LogP contribution in [0.15, 0.2) is 65.6 Å². The predicted octanol–water partition coefficient (Wildman–Crippen LogP) is 5.74. The lowest BCUT2D eigenvalue weighted by Crippen LogP contribution is -2.31. The van der Waals surface area contributed by atoms with Crippen molar-refractivity contribution in [1.82, 2.24) is 0 Å². The fraction of sp³-hybridized carbons (Fsp3) is 0.0952. The predicted molar refractivity (Wildman–Crippen MR) is 117 cm³/mol. The van der Waals surface area contributed by atoms with Crippen LogP contribution in [0.4, 0.5) is 20.2 Å². The van der Waals surface area contributed by atoms with Crippen LogP contribution < -0.4 is 9.62 Å². The molecule has 3 rings (SSSR count). The molecule has 0 aliphatic carbocycles. The van der Waals surface area contributed by atoms with Crippen LogP contribution in [0.2, 0.25) is 10.0 Å². The van der Waals surface area contributed by atoms with Crippen molar-refractivity contribution in [3.05, 3.63) is 87.9 Å². The lowest BCUT2D eigenvalue weighted by molar-refractivity contribution is 0.102. The van der Waals surface area contributed by atoms with Gasteiger partial charge in [0, 0.05) is 18.3 Å². The molecule has 3 aromatic carbocycles. The van der Waals surface area contributed by atoms with Crippen LogP contribution in [0.5, 0.6) is 0 Å². The number of nitrogens with zero attached hydrogens (tertiary/aromatic N) is 1. The molecule has 0 fully saturated rings. The van der Waals surface area contributed by atoms with E-state index in [2.05, 4.69) is 5.32 Å². The molecule has 0 spiro atoms. The van der Waals surface area contributed by atoms with E-state index in [9.17, 15) is 22.0 Å². The maximum absolute atomic E-state index is 13.4. The van der Waals surface area contributed by atoms with Gasteiger partial charge in [-0.05, 0) is 43.3 Å². The molecule has 0 heterocycles. The molecule has 0 atom stereocenters. The lowest BCUT2D eigenvalue weighted by atomic mass is 10.2. The first kappa shape index (κ1) is 23.0. The molecule has 0 saturated heterocycles. The Hall–Kier alpha value is -2.68. The zero-order valence-electron chi connectivity index (χ0n) is 16.1. The van der Waals surface area contributed by atoms with E-state index >= 15 is 0 Å². The molecule has 0 unspecified atom stereocenters. The summed E-state index contributed by atoms with van der Waals surface area (Å²) in [6, 6.07) is 13.4. The summed E-state index contributed by atoms with van der Waals surface area (Å²) < 4.78 is 54.2. The first-order chi connectivity index (χ1) is 14.6.